The molecule has 1 saturated heterocycles. The normalized spacial score (nSPS) is 24.0. The maximum Gasteiger partial charge on any atom is 0.331 e. The van der Waals surface area contributed by atoms with Crippen molar-refractivity contribution in [1.82, 2.24) is 0 Å². The Kier molecular flexibility index (Phi) is 6.31. The first-order valence-corrected chi connectivity index (χ1v) is 7.96. The highest BCUT2D eigenvalue weighted by molar-refractivity contribution is 5.87. The van der Waals surface area contributed by atoms with Gasteiger partial charge in [-0.25, -0.2) is 4.79 Å². The third-order valence-corrected chi connectivity index (χ3v) is 3.65. The van der Waals surface area contributed by atoms with Gasteiger partial charge in [-0.1, -0.05) is 36.4 Å². The molecule has 1 aromatic carbocycles. The minimum atomic E-state index is -0.830. The molecule has 1 heterocycles. The Bertz CT molecular complexity index is 579. The van der Waals surface area contributed by atoms with Crippen LogP contribution < -0.4 is 0 Å². The third kappa shape index (κ3) is 5.03. The molecule has 0 aromatic heterocycles. The van der Waals surface area contributed by atoms with E-state index in [9.17, 15) is 9.90 Å². The van der Waals surface area contributed by atoms with Crippen LogP contribution in [0.2, 0.25) is 0 Å². The lowest BCUT2D eigenvalue weighted by Gasteiger charge is -2.24. The predicted octanol–water partition coefficient (Wildman–Crippen LogP) is 2.70. The van der Waals surface area contributed by atoms with Gasteiger partial charge in [-0.05, 0) is 25.5 Å². The Morgan fingerprint density at radius 3 is 2.71 bits per heavy atom. The van der Waals surface area contributed by atoms with Crippen molar-refractivity contribution in [2.75, 3.05) is 6.61 Å². The Morgan fingerprint density at radius 1 is 1.38 bits per heavy atom. The first-order chi connectivity index (χ1) is 11.4. The molecule has 0 saturated carbocycles. The van der Waals surface area contributed by atoms with Gasteiger partial charge < -0.3 is 19.3 Å². The van der Waals surface area contributed by atoms with Crippen molar-refractivity contribution >= 4 is 12.0 Å². The van der Waals surface area contributed by atoms with Gasteiger partial charge in [-0.15, -0.1) is 6.58 Å². The monoisotopic (exact) mass is 332 g/mol. The fraction of sp³-hybridized carbons (Fsp3) is 0.421. The zero-order chi connectivity index (χ0) is 17.6. The van der Waals surface area contributed by atoms with Crippen molar-refractivity contribution < 1.29 is 24.1 Å². The number of ether oxygens (including phenoxy) is 3. The van der Waals surface area contributed by atoms with Crippen molar-refractivity contribution in [1.29, 1.82) is 0 Å². The topological polar surface area (TPSA) is 65.0 Å². The number of rotatable bonds is 7. The molecule has 130 valence electrons. The highest BCUT2D eigenvalue weighted by Gasteiger charge is 2.45. The summed E-state index contributed by atoms with van der Waals surface area (Å²) in [6.45, 7) is 7.01. The summed E-state index contributed by atoms with van der Waals surface area (Å²) in [6.07, 6.45) is 3.46. The molecule has 5 heteroatoms. The maximum absolute atomic E-state index is 12.1. The number of hydrogen-bond donors (Lipinski definition) is 1. The molecule has 0 unspecified atom stereocenters. The van der Waals surface area contributed by atoms with E-state index < -0.39 is 30.1 Å². The number of hydrogen-bond acceptors (Lipinski definition) is 5. The van der Waals surface area contributed by atoms with Crippen LogP contribution in [0.15, 0.2) is 49.1 Å². The molecule has 0 amide bonds. The van der Waals surface area contributed by atoms with Gasteiger partial charge in [-0.2, -0.15) is 0 Å². The number of aliphatic hydroxyl groups excluding tert-OH is 1. The number of esters is 1. The molecule has 1 N–H and O–H groups in total. The summed E-state index contributed by atoms with van der Waals surface area (Å²) in [4.78, 5) is 12.1. The summed E-state index contributed by atoms with van der Waals surface area (Å²) in [7, 11) is 0. The largest absolute Gasteiger partial charge is 0.456 e. The van der Waals surface area contributed by atoms with E-state index >= 15 is 0 Å². The molecule has 0 bridgehead atoms. The molecule has 1 aliphatic heterocycles. The fourth-order valence-electron chi connectivity index (χ4n) is 2.65. The van der Waals surface area contributed by atoms with Gasteiger partial charge in [0.15, 0.2) is 5.79 Å². The molecule has 0 radical (unpaired) electrons. The molecule has 0 aliphatic carbocycles. The summed E-state index contributed by atoms with van der Waals surface area (Å²) >= 11 is 0. The summed E-state index contributed by atoms with van der Waals surface area (Å²) in [5, 5.41) is 9.49. The van der Waals surface area contributed by atoms with Crippen LogP contribution in [0.25, 0.3) is 6.08 Å². The van der Waals surface area contributed by atoms with Gasteiger partial charge in [-0.3, -0.25) is 0 Å². The summed E-state index contributed by atoms with van der Waals surface area (Å²) in [5.74, 6) is -1.31. The average Bonchev–Trinajstić information content (AvgIpc) is 2.88. The molecular formula is C19H24O5. The Labute approximate surface area is 142 Å². The zero-order valence-corrected chi connectivity index (χ0v) is 14.1. The van der Waals surface area contributed by atoms with E-state index in [-0.39, 0.29) is 6.61 Å². The van der Waals surface area contributed by atoms with Crippen LogP contribution in [0.5, 0.6) is 0 Å². The van der Waals surface area contributed by atoms with Crippen LogP contribution >= 0.6 is 0 Å². The molecule has 1 aromatic rings. The van der Waals surface area contributed by atoms with Gasteiger partial charge >= 0.3 is 5.97 Å². The fourth-order valence-corrected chi connectivity index (χ4v) is 2.65. The number of aliphatic hydroxyl groups is 1. The minimum Gasteiger partial charge on any atom is -0.456 e. The van der Waals surface area contributed by atoms with Crippen LogP contribution in [0, 0.1) is 0 Å². The molecule has 24 heavy (non-hydrogen) atoms. The van der Waals surface area contributed by atoms with Gasteiger partial charge in [0.2, 0.25) is 0 Å². The molecule has 1 aliphatic rings. The summed E-state index contributed by atoms with van der Waals surface area (Å²) in [6, 6.07) is 9.47. The van der Waals surface area contributed by atoms with Crippen LogP contribution in [-0.2, 0) is 19.0 Å². The third-order valence-electron chi connectivity index (χ3n) is 3.65. The summed E-state index contributed by atoms with van der Waals surface area (Å²) in [5.41, 5.74) is 0.907. The van der Waals surface area contributed by atoms with Crippen molar-refractivity contribution in [2.45, 2.75) is 44.4 Å². The van der Waals surface area contributed by atoms with Gasteiger partial charge in [0.05, 0.1) is 6.61 Å². The summed E-state index contributed by atoms with van der Waals surface area (Å²) < 4.78 is 16.9. The lowest BCUT2D eigenvalue weighted by Crippen LogP contribution is -2.39. The second-order valence-electron chi connectivity index (χ2n) is 6.06. The van der Waals surface area contributed by atoms with E-state index in [0.29, 0.717) is 6.42 Å². The second-order valence-corrected chi connectivity index (χ2v) is 6.06. The average molecular weight is 332 g/mol. The van der Waals surface area contributed by atoms with Gasteiger partial charge in [0.25, 0.3) is 0 Å². The first kappa shape index (κ1) is 18.4. The number of carbonyl (C=O) groups is 1. The SMILES string of the molecule is C=CC[C@@H](OC(=O)/C=C/c1ccccc1)[C@H]1OC(C)(C)O[C@@H]1CO. The highest BCUT2D eigenvalue weighted by atomic mass is 16.8. The highest BCUT2D eigenvalue weighted by Crippen LogP contribution is 2.32. The Morgan fingerprint density at radius 2 is 2.08 bits per heavy atom. The molecule has 5 nitrogen and oxygen atoms in total. The van der Waals surface area contributed by atoms with Gasteiger partial charge in [0, 0.05) is 12.5 Å². The van der Waals surface area contributed by atoms with E-state index in [1.807, 2.05) is 30.3 Å². The Balaban J connectivity index is 2.03. The van der Waals surface area contributed by atoms with E-state index in [1.54, 1.807) is 26.0 Å². The molecule has 1 fully saturated rings. The van der Waals surface area contributed by atoms with E-state index in [1.165, 1.54) is 6.08 Å². The van der Waals surface area contributed by atoms with E-state index in [2.05, 4.69) is 6.58 Å². The zero-order valence-electron chi connectivity index (χ0n) is 14.1. The smallest absolute Gasteiger partial charge is 0.331 e. The lowest BCUT2D eigenvalue weighted by molar-refractivity contribution is -0.167. The van der Waals surface area contributed by atoms with E-state index in [4.69, 9.17) is 14.2 Å². The standard InChI is InChI=1S/C19H24O5/c1-4-8-15(18-16(13-20)23-19(2,3)24-18)22-17(21)12-11-14-9-6-5-7-10-14/h4-7,9-12,15-16,18,20H,1,8,13H2,2-3H3/b12-11+/t15-,16-,18-/m1/s1. The molecular weight excluding hydrogens is 308 g/mol. The van der Waals surface area contributed by atoms with Crippen molar-refractivity contribution in [2.24, 2.45) is 0 Å². The quantitative estimate of drug-likeness (QED) is 0.472. The second kappa shape index (κ2) is 8.24. The maximum atomic E-state index is 12.1. The molecule has 0 spiro atoms. The van der Waals surface area contributed by atoms with Gasteiger partial charge in [0.1, 0.15) is 18.3 Å². The number of benzene rings is 1. The molecule has 3 atom stereocenters. The Hall–Kier alpha value is -1.95. The van der Waals surface area contributed by atoms with Crippen molar-refractivity contribution in [3.8, 4) is 0 Å². The first-order valence-electron chi connectivity index (χ1n) is 7.96. The van der Waals surface area contributed by atoms with Crippen LogP contribution in [0.4, 0.5) is 0 Å². The van der Waals surface area contributed by atoms with Crippen LogP contribution in [-0.4, -0.2) is 41.8 Å². The van der Waals surface area contributed by atoms with Crippen LogP contribution in [0.1, 0.15) is 25.8 Å². The lowest BCUT2D eigenvalue weighted by atomic mass is 10.1. The minimum absolute atomic E-state index is 0.209. The van der Waals surface area contributed by atoms with Crippen molar-refractivity contribution in [3.63, 3.8) is 0 Å². The predicted molar refractivity (Wildman–Crippen MR) is 91.1 cm³/mol. The van der Waals surface area contributed by atoms with Crippen molar-refractivity contribution in [3.05, 3.63) is 54.6 Å². The number of carbonyl (C=O) groups excluding carboxylic acids is 1. The van der Waals surface area contributed by atoms with E-state index in [0.717, 1.165) is 5.56 Å². The molecule has 2 rings (SSSR count). The van der Waals surface area contributed by atoms with Crippen LogP contribution in [0.3, 0.4) is 0 Å².